The lowest BCUT2D eigenvalue weighted by atomic mass is 10.2. The monoisotopic (exact) mass is 259 g/mol. The van der Waals surface area contributed by atoms with E-state index in [9.17, 15) is 9.59 Å². The van der Waals surface area contributed by atoms with Crippen LogP contribution < -0.4 is 5.32 Å². The molecule has 1 amide bonds. The first kappa shape index (κ1) is 12.8. The fourth-order valence-corrected chi connectivity index (χ4v) is 1.53. The van der Waals surface area contributed by atoms with Crippen LogP contribution in [-0.4, -0.2) is 26.8 Å². The van der Waals surface area contributed by atoms with Gasteiger partial charge in [-0.1, -0.05) is 6.92 Å². The van der Waals surface area contributed by atoms with Gasteiger partial charge in [0.05, 0.1) is 5.69 Å². The standard InChI is InChI=1S/C13H13N3O3/c1-2-12(17)14-9-3-5-10(6-4-9)16-8-7-11(15-16)13(18)19/h3-8H,2H2,1H3,(H,14,17)(H,18,19). The molecule has 0 aliphatic heterocycles. The van der Waals surface area contributed by atoms with E-state index in [0.29, 0.717) is 12.1 Å². The van der Waals surface area contributed by atoms with Gasteiger partial charge in [-0.25, -0.2) is 9.48 Å². The van der Waals surface area contributed by atoms with Crippen molar-refractivity contribution in [3.05, 3.63) is 42.2 Å². The van der Waals surface area contributed by atoms with Crippen molar-refractivity contribution in [2.75, 3.05) is 5.32 Å². The average Bonchev–Trinajstić information content (AvgIpc) is 2.89. The molecule has 0 aliphatic rings. The number of nitrogens with one attached hydrogen (secondary N) is 1. The van der Waals surface area contributed by atoms with Gasteiger partial charge in [0.25, 0.3) is 0 Å². The number of aromatic carboxylic acids is 1. The summed E-state index contributed by atoms with van der Waals surface area (Å²) < 4.78 is 1.47. The molecule has 0 unspecified atom stereocenters. The molecule has 0 saturated carbocycles. The zero-order valence-corrected chi connectivity index (χ0v) is 10.3. The molecule has 2 rings (SSSR count). The molecular formula is C13H13N3O3. The van der Waals surface area contributed by atoms with Crippen LogP contribution in [0.25, 0.3) is 5.69 Å². The van der Waals surface area contributed by atoms with Gasteiger partial charge in [0.15, 0.2) is 5.69 Å². The molecular weight excluding hydrogens is 246 g/mol. The van der Waals surface area contributed by atoms with Gasteiger partial charge in [0.2, 0.25) is 5.91 Å². The normalized spacial score (nSPS) is 10.2. The van der Waals surface area contributed by atoms with Crippen molar-refractivity contribution in [2.24, 2.45) is 0 Å². The van der Waals surface area contributed by atoms with Crippen molar-refractivity contribution in [1.82, 2.24) is 9.78 Å². The van der Waals surface area contributed by atoms with E-state index in [-0.39, 0.29) is 11.6 Å². The van der Waals surface area contributed by atoms with Crippen LogP contribution in [0.1, 0.15) is 23.8 Å². The zero-order valence-electron chi connectivity index (χ0n) is 10.3. The number of anilines is 1. The lowest BCUT2D eigenvalue weighted by molar-refractivity contribution is -0.115. The number of nitrogens with zero attached hydrogens (tertiary/aromatic N) is 2. The summed E-state index contributed by atoms with van der Waals surface area (Å²) in [6.45, 7) is 1.78. The molecule has 0 spiro atoms. The summed E-state index contributed by atoms with van der Waals surface area (Å²) >= 11 is 0. The first-order valence-electron chi connectivity index (χ1n) is 5.79. The van der Waals surface area contributed by atoms with Crippen molar-refractivity contribution in [3.8, 4) is 5.69 Å². The number of carboxylic acid groups (broad SMARTS) is 1. The molecule has 19 heavy (non-hydrogen) atoms. The minimum absolute atomic E-state index is 0.0108. The Labute approximate surface area is 109 Å². The smallest absolute Gasteiger partial charge is 0.356 e. The Morgan fingerprint density at radius 3 is 2.47 bits per heavy atom. The molecule has 6 heteroatoms. The molecule has 0 bridgehead atoms. The van der Waals surface area contributed by atoms with E-state index in [1.165, 1.54) is 10.7 Å². The number of benzene rings is 1. The van der Waals surface area contributed by atoms with Gasteiger partial charge in [-0.05, 0) is 30.3 Å². The largest absolute Gasteiger partial charge is 0.476 e. The fourth-order valence-electron chi connectivity index (χ4n) is 1.53. The first-order chi connectivity index (χ1) is 9.10. The van der Waals surface area contributed by atoms with Gasteiger partial charge in [-0.2, -0.15) is 5.10 Å². The van der Waals surface area contributed by atoms with Gasteiger partial charge in [-0.3, -0.25) is 4.79 Å². The molecule has 0 saturated heterocycles. The third-order valence-electron chi connectivity index (χ3n) is 2.54. The highest BCUT2D eigenvalue weighted by Crippen LogP contribution is 2.13. The molecule has 1 aromatic heterocycles. The van der Waals surface area contributed by atoms with Crippen LogP contribution in [0.5, 0.6) is 0 Å². The third kappa shape index (κ3) is 2.98. The molecule has 1 heterocycles. The van der Waals surface area contributed by atoms with Crippen LogP contribution in [0, 0.1) is 0 Å². The van der Waals surface area contributed by atoms with E-state index in [1.54, 1.807) is 37.4 Å². The number of carboxylic acids is 1. The second-order valence-electron chi connectivity index (χ2n) is 3.90. The Morgan fingerprint density at radius 1 is 1.26 bits per heavy atom. The Balaban J connectivity index is 2.17. The summed E-state index contributed by atoms with van der Waals surface area (Å²) in [5.41, 5.74) is 1.41. The number of amides is 1. The van der Waals surface area contributed by atoms with Crippen LogP contribution in [0.15, 0.2) is 36.5 Å². The quantitative estimate of drug-likeness (QED) is 0.878. The number of hydrogen-bond acceptors (Lipinski definition) is 3. The predicted octanol–water partition coefficient (Wildman–Crippen LogP) is 1.92. The summed E-state index contributed by atoms with van der Waals surface area (Å²) in [7, 11) is 0. The summed E-state index contributed by atoms with van der Waals surface area (Å²) in [4.78, 5) is 22.0. The van der Waals surface area contributed by atoms with Gasteiger partial charge >= 0.3 is 5.97 Å². The Kier molecular flexibility index (Phi) is 3.61. The van der Waals surface area contributed by atoms with Crippen molar-refractivity contribution >= 4 is 17.6 Å². The molecule has 0 fully saturated rings. The van der Waals surface area contributed by atoms with Crippen molar-refractivity contribution in [3.63, 3.8) is 0 Å². The van der Waals surface area contributed by atoms with Crippen LogP contribution in [0.4, 0.5) is 5.69 Å². The molecule has 2 N–H and O–H groups in total. The first-order valence-corrected chi connectivity index (χ1v) is 5.79. The topological polar surface area (TPSA) is 84.2 Å². The van der Waals surface area contributed by atoms with E-state index in [1.807, 2.05) is 0 Å². The van der Waals surface area contributed by atoms with Crippen molar-refractivity contribution in [2.45, 2.75) is 13.3 Å². The lowest BCUT2D eigenvalue weighted by Gasteiger charge is -2.05. The molecule has 1 aromatic carbocycles. The molecule has 0 radical (unpaired) electrons. The van der Waals surface area contributed by atoms with Gasteiger partial charge < -0.3 is 10.4 Å². The van der Waals surface area contributed by atoms with E-state index < -0.39 is 5.97 Å². The van der Waals surface area contributed by atoms with Crippen molar-refractivity contribution in [1.29, 1.82) is 0 Å². The maximum Gasteiger partial charge on any atom is 0.356 e. The molecule has 0 atom stereocenters. The van der Waals surface area contributed by atoms with Gasteiger partial charge in [0, 0.05) is 18.3 Å². The van der Waals surface area contributed by atoms with Crippen LogP contribution in [0.3, 0.4) is 0 Å². The Bertz CT molecular complexity index is 602. The zero-order chi connectivity index (χ0) is 13.8. The number of rotatable bonds is 4. The summed E-state index contributed by atoms with van der Waals surface area (Å²) in [6.07, 6.45) is 1.99. The average molecular weight is 259 g/mol. The van der Waals surface area contributed by atoms with E-state index >= 15 is 0 Å². The minimum Gasteiger partial charge on any atom is -0.476 e. The van der Waals surface area contributed by atoms with E-state index in [0.717, 1.165) is 5.69 Å². The molecule has 0 aliphatic carbocycles. The third-order valence-corrected chi connectivity index (χ3v) is 2.54. The van der Waals surface area contributed by atoms with E-state index in [4.69, 9.17) is 5.11 Å². The highest BCUT2D eigenvalue weighted by Gasteiger charge is 2.07. The fraction of sp³-hybridized carbons (Fsp3) is 0.154. The van der Waals surface area contributed by atoms with Crippen LogP contribution in [0.2, 0.25) is 0 Å². The maximum atomic E-state index is 11.2. The SMILES string of the molecule is CCC(=O)Nc1ccc(-n2ccc(C(=O)O)n2)cc1. The molecule has 2 aromatic rings. The Hall–Kier alpha value is -2.63. The Morgan fingerprint density at radius 2 is 1.95 bits per heavy atom. The summed E-state index contributed by atoms with van der Waals surface area (Å²) in [5, 5.41) is 15.4. The van der Waals surface area contributed by atoms with Gasteiger partial charge in [0.1, 0.15) is 0 Å². The minimum atomic E-state index is -1.06. The van der Waals surface area contributed by atoms with Crippen LogP contribution in [-0.2, 0) is 4.79 Å². The second kappa shape index (κ2) is 5.34. The lowest BCUT2D eigenvalue weighted by Crippen LogP contribution is -2.09. The molecule has 6 nitrogen and oxygen atoms in total. The second-order valence-corrected chi connectivity index (χ2v) is 3.90. The number of carbonyl (C=O) groups is 2. The highest BCUT2D eigenvalue weighted by atomic mass is 16.4. The predicted molar refractivity (Wildman–Crippen MR) is 69.4 cm³/mol. The molecule has 98 valence electrons. The summed E-state index contributed by atoms with van der Waals surface area (Å²) in [6, 6.07) is 8.42. The number of aromatic nitrogens is 2. The van der Waals surface area contributed by atoms with Gasteiger partial charge in [-0.15, -0.1) is 0 Å². The highest BCUT2D eigenvalue weighted by molar-refractivity contribution is 5.90. The maximum absolute atomic E-state index is 11.2. The van der Waals surface area contributed by atoms with Crippen LogP contribution >= 0.6 is 0 Å². The summed E-state index contributed by atoms with van der Waals surface area (Å²) in [5.74, 6) is -1.12. The number of carbonyl (C=O) groups excluding carboxylic acids is 1. The van der Waals surface area contributed by atoms with E-state index in [2.05, 4.69) is 10.4 Å². The van der Waals surface area contributed by atoms with Crippen molar-refractivity contribution < 1.29 is 14.7 Å². The number of hydrogen-bond donors (Lipinski definition) is 2.